The Bertz CT molecular complexity index is 651. The first-order valence-corrected chi connectivity index (χ1v) is 13.5. The second-order valence-corrected chi connectivity index (χ2v) is 13.5. The molecule has 4 aliphatic carbocycles. The van der Waals surface area contributed by atoms with Crippen LogP contribution in [0, 0.1) is 41.4 Å². The predicted octanol–water partition coefficient (Wildman–Crippen LogP) is 7.60. The van der Waals surface area contributed by atoms with Gasteiger partial charge in [-0.15, -0.1) is 0 Å². The van der Waals surface area contributed by atoms with Crippen molar-refractivity contribution >= 4 is 28.6 Å². The zero-order chi connectivity index (χ0) is 21.5. The molecule has 2 nitrogen and oxygen atoms in total. The minimum absolute atomic E-state index is 0.489. The van der Waals surface area contributed by atoms with Crippen molar-refractivity contribution < 1.29 is 14.3 Å². The van der Waals surface area contributed by atoms with E-state index in [4.69, 9.17) is 0 Å². The van der Waals surface area contributed by atoms with Crippen LogP contribution in [0.15, 0.2) is 12.2 Å². The summed E-state index contributed by atoms with van der Waals surface area (Å²) in [7, 11) is 0. The van der Waals surface area contributed by atoms with Gasteiger partial charge in [-0.3, -0.25) is 4.79 Å². The van der Waals surface area contributed by atoms with Gasteiger partial charge < -0.3 is 5.11 Å². The van der Waals surface area contributed by atoms with Gasteiger partial charge >= 0.3 is 5.97 Å². The van der Waals surface area contributed by atoms with Gasteiger partial charge in [0.25, 0.3) is 0 Å². The lowest BCUT2D eigenvalue weighted by Crippen LogP contribution is -2.36. The monoisotopic (exact) mass is 530 g/mol. The van der Waals surface area contributed by atoms with Gasteiger partial charge in [-0.05, 0) is 112 Å². The van der Waals surface area contributed by atoms with Gasteiger partial charge in [-0.2, -0.15) is 0 Å². The van der Waals surface area contributed by atoms with Crippen molar-refractivity contribution in [3.8, 4) is 0 Å². The van der Waals surface area contributed by atoms with Crippen molar-refractivity contribution in [3.63, 3.8) is 0 Å². The highest BCUT2D eigenvalue weighted by atomic mass is 127. The number of carboxylic acid groups (broad SMARTS) is 1. The number of halogens is 2. The van der Waals surface area contributed by atoms with E-state index in [0.29, 0.717) is 35.5 Å². The molecule has 0 aliphatic heterocycles. The van der Waals surface area contributed by atoms with Crippen LogP contribution in [0.25, 0.3) is 0 Å². The van der Waals surface area contributed by atoms with Crippen LogP contribution in [0.4, 0.5) is 4.39 Å². The number of carbonyl (C=O) groups is 1. The molecular formula is C26H40FIO2. The van der Waals surface area contributed by atoms with Crippen molar-refractivity contribution in [1.82, 2.24) is 0 Å². The Morgan fingerprint density at radius 1 is 0.933 bits per heavy atom. The fraction of sp³-hybridized carbons (Fsp3) is 0.885. The molecule has 4 saturated carbocycles. The van der Waals surface area contributed by atoms with Crippen LogP contribution in [0.3, 0.4) is 0 Å². The van der Waals surface area contributed by atoms with Crippen LogP contribution in [0.5, 0.6) is 0 Å². The largest absolute Gasteiger partial charge is 0.480 e. The Morgan fingerprint density at radius 3 is 2.33 bits per heavy atom. The summed E-state index contributed by atoms with van der Waals surface area (Å²) in [5.74, 6) is 3.47. The molecule has 8 unspecified atom stereocenters. The lowest BCUT2D eigenvalue weighted by atomic mass is 9.69. The van der Waals surface area contributed by atoms with E-state index in [1.165, 1.54) is 38.5 Å². The SMILES string of the molecule is C=C1CC2CCC3CC(F)CC(C3)CC3CC(C)CCC(C3)C(C2)C[C@]1(I)C(=O)O. The van der Waals surface area contributed by atoms with Gasteiger partial charge in [0.15, 0.2) is 0 Å². The van der Waals surface area contributed by atoms with Gasteiger partial charge in [0.05, 0.1) is 0 Å². The van der Waals surface area contributed by atoms with Crippen LogP contribution in [0.1, 0.15) is 90.4 Å². The van der Waals surface area contributed by atoms with Crippen molar-refractivity contribution in [3.05, 3.63) is 12.2 Å². The number of carboxylic acids is 1. The van der Waals surface area contributed by atoms with E-state index in [2.05, 4.69) is 36.1 Å². The quantitative estimate of drug-likeness (QED) is 0.215. The Balaban J connectivity index is 1.65. The molecule has 1 N–H and O–H groups in total. The highest BCUT2D eigenvalue weighted by molar-refractivity contribution is 14.1. The van der Waals surface area contributed by atoms with Crippen LogP contribution in [-0.4, -0.2) is 20.7 Å². The molecule has 0 aromatic carbocycles. The zero-order valence-electron chi connectivity index (χ0n) is 18.6. The summed E-state index contributed by atoms with van der Waals surface area (Å²) < 4.78 is 13.8. The summed E-state index contributed by atoms with van der Waals surface area (Å²) in [4.78, 5) is 12.3. The molecule has 0 saturated heterocycles. The average Bonchev–Trinajstić information content (AvgIpc) is 2.92. The van der Waals surface area contributed by atoms with Crippen LogP contribution in [0.2, 0.25) is 0 Å². The van der Waals surface area contributed by atoms with E-state index in [1.807, 2.05) is 0 Å². The number of aliphatic carboxylic acids is 1. The summed E-state index contributed by atoms with van der Waals surface area (Å²) in [5.41, 5.74) is 0.918. The second kappa shape index (κ2) is 9.39. The van der Waals surface area contributed by atoms with Crippen LogP contribution in [-0.2, 0) is 4.79 Å². The van der Waals surface area contributed by atoms with Gasteiger partial charge in [0, 0.05) is 0 Å². The number of fused-ring (bicyclic) bond motifs is 7. The van der Waals surface area contributed by atoms with E-state index in [9.17, 15) is 14.3 Å². The molecule has 0 aromatic heterocycles. The van der Waals surface area contributed by atoms with Gasteiger partial charge in [0.2, 0.25) is 0 Å². The molecule has 9 atom stereocenters. The molecule has 4 fully saturated rings. The maximum absolute atomic E-state index is 14.6. The highest BCUT2D eigenvalue weighted by Gasteiger charge is 2.46. The average molecular weight is 531 g/mol. The first-order chi connectivity index (χ1) is 14.2. The number of hydrogen-bond acceptors (Lipinski definition) is 1. The third-order valence-electron chi connectivity index (χ3n) is 9.18. The molecule has 4 rings (SSSR count). The van der Waals surface area contributed by atoms with Crippen LogP contribution < -0.4 is 0 Å². The summed E-state index contributed by atoms with van der Waals surface area (Å²) in [6, 6.07) is 0. The Labute approximate surface area is 196 Å². The molecule has 170 valence electrons. The topological polar surface area (TPSA) is 37.3 Å². The summed E-state index contributed by atoms with van der Waals surface area (Å²) in [6.45, 7) is 6.69. The molecule has 0 radical (unpaired) electrons. The third-order valence-corrected chi connectivity index (χ3v) is 10.8. The molecule has 0 amide bonds. The molecule has 0 spiro atoms. The standard InChI is InChI=1S/C26H40FIO2/c1-16-3-6-22-12-20(7-16)10-21-9-19(13-24(27)14-21)5-4-18-8-17(2)26(28,25(29)30)15-23(22)11-18/h16,18-24H,2-15H2,1H3,(H,29,30)/t16?,18?,19?,20?,21?,22?,23?,24?,26-/m1/s1. The fourth-order valence-electron chi connectivity index (χ4n) is 7.73. The molecule has 0 heterocycles. The highest BCUT2D eigenvalue weighted by Crippen LogP contribution is 2.51. The second-order valence-electron chi connectivity index (χ2n) is 11.6. The van der Waals surface area contributed by atoms with Crippen molar-refractivity contribution in [1.29, 1.82) is 0 Å². The molecule has 0 aromatic rings. The van der Waals surface area contributed by atoms with E-state index >= 15 is 0 Å². The van der Waals surface area contributed by atoms with E-state index in [1.54, 1.807) is 0 Å². The number of hydrogen-bond donors (Lipinski definition) is 1. The minimum atomic E-state index is -0.815. The molecule has 4 heteroatoms. The van der Waals surface area contributed by atoms with E-state index in [0.717, 1.165) is 56.4 Å². The third kappa shape index (κ3) is 5.09. The van der Waals surface area contributed by atoms with E-state index < -0.39 is 15.6 Å². The van der Waals surface area contributed by atoms with Gasteiger partial charge in [-0.25, -0.2) is 4.39 Å². The first kappa shape index (κ1) is 23.0. The number of rotatable bonds is 1. The summed E-state index contributed by atoms with van der Waals surface area (Å²) in [5, 5.41) is 10.1. The Hall–Kier alpha value is -0.130. The molecule has 30 heavy (non-hydrogen) atoms. The van der Waals surface area contributed by atoms with E-state index in [-0.39, 0.29) is 0 Å². The predicted molar refractivity (Wildman–Crippen MR) is 129 cm³/mol. The molecular weight excluding hydrogens is 490 g/mol. The zero-order valence-corrected chi connectivity index (χ0v) is 20.8. The number of alkyl halides is 2. The molecule has 6 bridgehead atoms. The smallest absolute Gasteiger partial charge is 0.323 e. The summed E-state index contributed by atoms with van der Waals surface area (Å²) in [6.07, 6.45) is 13.4. The Kier molecular flexibility index (Phi) is 7.21. The fourth-order valence-corrected chi connectivity index (χ4v) is 8.52. The Morgan fingerprint density at radius 2 is 1.57 bits per heavy atom. The maximum atomic E-state index is 14.6. The first-order valence-electron chi connectivity index (χ1n) is 12.5. The van der Waals surface area contributed by atoms with Crippen molar-refractivity contribution in [2.24, 2.45) is 41.4 Å². The molecule has 4 aliphatic rings. The lowest BCUT2D eigenvalue weighted by Gasteiger charge is -2.37. The minimum Gasteiger partial charge on any atom is -0.480 e. The van der Waals surface area contributed by atoms with Gasteiger partial charge in [-0.1, -0.05) is 54.5 Å². The summed E-state index contributed by atoms with van der Waals surface area (Å²) >= 11 is 2.21. The van der Waals surface area contributed by atoms with Crippen molar-refractivity contribution in [2.45, 2.75) is 100.0 Å². The van der Waals surface area contributed by atoms with Gasteiger partial charge in [0.1, 0.15) is 9.59 Å². The van der Waals surface area contributed by atoms with Crippen LogP contribution >= 0.6 is 22.6 Å². The lowest BCUT2D eigenvalue weighted by molar-refractivity contribution is -0.138. The normalized spacial score (nSPS) is 47.9. The van der Waals surface area contributed by atoms with Crippen molar-refractivity contribution in [2.75, 3.05) is 0 Å². The maximum Gasteiger partial charge on any atom is 0.323 e.